The SMILES string of the molecule is CC(c1cccc([N+](=O)[O-])c1)N1CCN(c2ccc(C(F)(F)F)cn2)CC1. The summed E-state index contributed by atoms with van der Waals surface area (Å²) >= 11 is 0. The maximum Gasteiger partial charge on any atom is 0.417 e. The number of pyridine rings is 1. The van der Waals surface area contributed by atoms with E-state index in [9.17, 15) is 23.3 Å². The zero-order valence-electron chi connectivity index (χ0n) is 14.7. The number of hydrogen-bond donors (Lipinski definition) is 0. The van der Waals surface area contributed by atoms with E-state index in [1.165, 1.54) is 12.1 Å². The molecule has 2 aromatic rings. The van der Waals surface area contributed by atoms with E-state index >= 15 is 0 Å². The number of hydrogen-bond acceptors (Lipinski definition) is 5. The first-order valence-electron chi connectivity index (χ1n) is 8.52. The van der Waals surface area contributed by atoms with Gasteiger partial charge in [0.1, 0.15) is 5.82 Å². The molecule has 1 aliphatic rings. The van der Waals surface area contributed by atoms with Crippen molar-refractivity contribution in [2.45, 2.75) is 19.1 Å². The molecule has 0 bridgehead atoms. The van der Waals surface area contributed by atoms with Crippen LogP contribution in [0.1, 0.15) is 24.1 Å². The first-order valence-corrected chi connectivity index (χ1v) is 8.52. The Morgan fingerprint density at radius 2 is 1.85 bits per heavy atom. The average Bonchev–Trinajstić information content (AvgIpc) is 2.67. The number of anilines is 1. The molecule has 1 unspecified atom stereocenters. The summed E-state index contributed by atoms with van der Waals surface area (Å²) in [6.07, 6.45) is -3.54. The number of nitro groups is 1. The van der Waals surface area contributed by atoms with Crippen LogP contribution in [-0.4, -0.2) is 41.0 Å². The van der Waals surface area contributed by atoms with E-state index in [4.69, 9.17) is 0 Å². The summed E-state index contributed by atoms with van der Waals surface area (Å²) < 4.78 is 37.9. The Kier molecular flexibility index (Phi) is 5.31. The minimum Gasteiger partial charge on any atom is -0.354 e. The molecule has 3 rings (SSSR count). The minimum absolute atomic E-state index is 0.00705. The lowest BCUT2D eigenvalue weighted by atomic mass is 10.1. The van der Waals surface area contributed by atoms with E-state index in [-0.39, 0.29) is 11.7 Å². The molecule has 6 nitrogen and oxygen atoms in total. The summed E-state index contributed by atoms with van der Waals surface area (Å²) in [7, 11) is 0. The highest BCUT2D eigenvalue weighted by molar-refractivity contribution is 5.41. The number of piperazine rings is 1. The van der Waals surface area contributed by atoms with Gasteiger partial charge < -0.3 is 4.90 Å². The Balaban J connectivity index is 1.63. The minimum atomic E-state index is -4.39. The molecule has 1 aliphatic heterocycles. The van der Waals surface area contributed by atoms with Crippen LogP contribution in [0.4, 0.5) is 24.7 Å². The first-order chi connectivity index (χ1) is 12.8. The molecule has 1 saturated heterocycles. The summed E-state index contributed by atoms with van der Waals surface area (Å²) in [5, 5.41) is 10.9. The number of benzene rings is 1. The molecule has 144 valence electrons. The number of non-ortho nitro benzene ring substituents is 1. The van der Waals surface area contributed by atoms with Gasteiger partial charge in [0.15, 0.2) is 0 Å². The summed E-state index contributed by atoms with van der Waals surface area (Å²) in [4.78, 5) is 18.6. The number of nitro benzene ring substituents is 1. The molecule has 0 amide bonds. The highest BCUT2D eigenvalue weighted by Crippen LogP contribution is 2.30. The molecule has 9 heteroatoms. The predicted molar refractivity (Wildman–Crippen MR) is 94.5 cm³/mol. The van der Waals surface area contributed by atoms with Crippen molar-refractivity contribution in [1.82, 2.24) is 9.88 Å². The van der Waals surface area contributed by atoms with Gasteiger partial charge >= 0.3 is 6.18 Å². The number of alkyl halides is 3. The second kappa shape index (κ2) is 7.51. The zero-order valence-corrected chi connectivity index (χ0v) is 14.7. The molecule has 1 atom stereocenters. The molecule has 1 aromatic heterocycles. The lowest BCUT2D eigenvalue weighted by Crippen LogP contribution is -2.47. The molecule has 0 spiro atoms. The second-order valence-electron chi connectivity index (χ2n) is 6.45. The van der Waals surface area contributed by atoms with Crippen molar-refractivity contribution in [2.75, 3.05) is 31.1 Å². The van der Waals surface area contributed by atoms with Crippen LogP contribution in [0.3, 0.4) is 0 Å². The van der Waals surface area contributed by atoms with E-state index in [1.54, 1.807) is 12.1 Å². The second-order valence-corrected chi connectivity index (χ2v) is 6.45. The van der Waals surface area contributed by atoms with Crippen molar-refractivity contribution in [3.8, 4) is 0 Å². The fraction of sp³-hybridized carbons (Fsp3) is 0.389. The third-order valence-corrected chi connectivity index (χ3v) is 4.82. The fourth-order valence-corrected chi connectivity index (χ4v) is 3.19. The van der Waals surface area contributed by atoms with Gasteiger partial charge in [0.25, 0.3) is 5.69 Å². The Labute approximate surface area is 154 Å². The van der Waals surface area contributed by atoms with Gasteiger partial charge in [0.05, 0.1) is 10.5 Å². The van der Waals surface area contributed by atoms with Gasteiger partial charge in [0, 0.05) is 50.6 Å². The molecule has 2 heterocycles. The van der Waals surface area contributed by atoms with Crippen molar-refractivity contribution < 1.29 is 18.1 Å². The summed E-state index contributed by atoms with van der Waals surface area (Å²) in [6, 6.07) is 9.02. The standard InChI is InChI=1S/C18H19F3N4O2/c1-13(14-3-2-4-16(11-14)25(26)27)23-7-9-24(10-8-23)17-6-5-15(12-22-17)18(19,20)21/h2-6,11-13H,7-10H2,1H3. The van der Waals surface area contributed by atoms with Gasteiger partial charge in [-0.15, -0.1) is 0 Å². The maximum atomic E-state index is 12.6. The Morgan fingerprint density at radius 1 is 1.15 bits per heavy atom. The maximum absolute atomic E-state index is 12.6. The predicted octanol–water partition coefficient (Wildman–Crippen LogP) is 3.89. The van der Waals surface area contributed by atoms with Crippen molar-refractivity contribution in [1.29, 1.82) is 0 Å². The third-order valence-electron chi connectivity index (χ3n) is 4.82. The van der Waals surface area contributed by atoms with E-state index in [0.29, 0.717) is 32.0 Å². The molecule has 1 aromatic carbocycles. The highest BCUT2D eigenvalue weighted by Gasteiger charge is 2.31. The smallest absolute Gasteiger partial charge is 0.354 e. The lowest BCUT2D eigenvalue weighted by molar-refractivity contribution is -0.385. The topological polar surface area (TPSA) is 62.5 Å². The fourth-order valence-electron chi connectivity index (χ4n) is 3.19. The lowest BCUT2D eigenvalue weighted by Gasteiger charge is -2.38. The molecular weight excluding hydrogens is 361 g/mol. The summed E-state index contributed by atoms with van der Waals surface area (Å²) in [5.74, 6) is 0.519. The molecule has 1 fully saturated rings. The van der Waals surface area contributed by atoms with E-state index < -0.39 is 16.7 Å². The molecule has 0 N–H and O–H groups in total. The number of aromatic nitrogens is 1. The van der Waals surface area contributed by atoms with Gasteiger partial charge in [0.2, 0.25) is 0 Å². The van der Waals surface area contributed by atoms with Crippen molar-refractivity contribution in [3.05, 3.63) is 63.8 Å². The molecule has 27 heavy (non-hydrogen) atoms. The van der Waals surface area contributed by atoms with E-state index in [1.807, 2.05) is 17.9 Å². The normalized spacial score (nSPS) is 17.0. The Hall–Kier alpha value is -2.68. The van der Waals surface area contributed by atoms with Crippen LogP contribution in [0.5, 0.6) is 0 Å². The Morgan fingerprint density at radius 3 is 2.41 bits per heavy atom. The number of halogens is 3. The van der Waals surface area contributed by atoms with Gasteiger partial charge in [-0.1, -0.05) is 12.1 Å². The van der Waals surface area contributed by atoms with Crippen LogP contribution in [-0.2, 0) is 6.18 Å². The summed E-state index contributed by atoms with van der Waals surface area (Å²) in [5.41, 5.74) is 0.168. The van der Waals surface area contributed by atoms with Gasteiger partial charge in [-0.2, -0.15) is 13.2 Å². The average molecular weight is 380 g/mol. The highest BCUT2D eigenvalue weighted by atomic mass is 19.4. The number of nitrogens with zero attached hydrogens (tertiary/aromatic N) is 4. The van der Waals surface area contributed by atoms with E-state index in [0.717, 1.165) is 17.8 Å². The van der Waals surface area contributed by atoms with Crippen molar-refractivity contribution >= 4 is 11.5 Å². The van der Waals surface area contributed by atoms with Gasteiger partial charge in [-0.25, -0.2) is 4.98 Å². The quantitative estimate of drug-likeness (QED) is 0.595. The van der Waals surface area contributed by atoms with Gasteiger partial charge in [-0.3, -0.25) is 15.0 Å². The Bertz CT molecular complexity index is 803. The van der Waals surface area contributed by atoms with Crippen LogP contribution in [0.15, 0.2) is 42.6 Å². The van der Waals surface area contributed by atoms with Crippen LogP contribution >= 0.6 is 0 Å². The van der Waals surface area contributed by atoms with Crippen molar-refractivity contribution in [3.63, 3.8) is 0 Å². The third kappa shape index (κ3) is 4.36. The number of rotatable bonds is 4. The largest absolute Gasteiger partial charge is 0.417 e. The monoisotopic (exact) mass is 380 g/mol. The van der Waals surface area contributed by atoms with Crippen LogP contribution < -0.4 is 4.90 Å². The molecule has 0 radical (unpaired) electrons. The molecular formula is C18H19F3N4O2. The molecule has 0 saturated carbocycles. The van der Waals surface area contributed by atoms with E-state index in [2.05, 4.69) is 9.88 Å². The van der Waals surface area contributed by atoms with Crippen LogP contribution in [0.2, 0.25) is 0 Å². The van der Waals surface area contributed by atoms with Crippen molar-refractivity contribution in [2.24, 2.45) is 0 Å². The van der Waals surface area contributed by atoms with Crippen LogP contribution in [0.25, 0.3) is 0 Å². The van der Waals surface area contributed by atoms with Gasteiger partial charge in [-0.05, 0) is 24.6 Å². The molecule has 0 aliphatic carbocycles. The first kappa shape index (κ1) is 19.1. The van der Waals surface area contributed by atoms with Crippen LogP contribution in [0, 0.1) is 10.1 Å². The zero-order chi connectivity index (χ0) is 19.6. The summed E-state index contributed by atoms with van der Waals surface area (Å²) in [6.45, 7) is 4.61.